The number of anilines is 1. The fraction of sp³-hybridized carbons (Fsp3) is 0.200. The number of ether oxygens (including phenoxy) is 1. The van der Waals surface area contributed by atoms with E-state index < -0.39 is 42.2 Å². The highest BCUT2D eigenvalue weighted by Crippen LogP contribution is 2.41. The number of aromatic nitrogens is 2. The Bertz CT molecular complexity index is 1600. The van der Waals surface area contributed by atoms with Gasteiger partial charge in [0.05, 0.1) is 5.69 Å². The quantitative estimate of drug-likeness (QED) is 0.170. The molecule has 0 bridgehead atoms. The minimum absolute atomic E-state index is 0.0572. The zero-order chi connectivity index (χ0) is 31.3. The lowest BCUT2D eigenvalue weighted by atomic mass is 9.94. The van der Waals surface area contributed by atoms with Crippen molar-refractivity contribution in [3.8, 4) is 28.3 Å². The summed E-state index contributed by atoms with van der Waals surface area (Å²) in [6, 6.07) is 17.8. The van der Waals surface area contributed by atoms with Gasteiger partial charge in [0.1, 0.15) is 12.1 Å². The summed E-state index contributed by atoms with van der Waals surface area (Å²) in [5.41, 5.74) is 19.4. The number of nitrogens with zero attached hydrogens (tertiary/aromatic N) is 2. The molecule has 1 aromatic heterocycles. The van der Waals surface area contributed by atoms with Gasteiger partial charge in [-0.15, -0.1) is 0 Å². The van der Waals surface area contributed by atoms with Gasteiger partial charge in [-0.1, -0.05) is 72.8 Å². The van der Waals surface area contributed by atoms with Crippen LogP contribution in [0.1, 0.15) is 22.8 Å². The molecule has 0 aliphatic carbocycles. The van der Waals surface area contributed by atoms with Crippen LogP contribution in [-0.2, 0) is 22.4 Å². The van der Waals surface area contributed by atoms with Crippen LogP contribution < -0.4 is 21.9 Å². The number of alkyl halides is 3. The molecule has 4 aromatic rings. The maximum absolute atomic E-state index is 14.5. The van der Waals surface area contributed by atoms with Crippen molar-refractivity contribution in [2.45, 2.75) is 37.2 Å². The molecule has 8 N–H and O–H groups in total. The smallest absolute Gasteiger partial charge is 0.429 e. The van der Waals surface area contributed by atoms with Crippen LogP contribution in [0.25, 0.3) is 22.4 Å². The molecule has 0 fully saturated rings. The summed E-state index contributed by atoms with van der Waals surface area (Å²) in [5, 5.41) is 18.1. The molecule has 3 aromatic carbocycles. The van der Waals surface area contributed by atoms with E-state index in [1.54, 1.807) is 54.6 Å². The summed E-state index contributed by atoms with van der Waals surface area (Å²) in [7, 11) is 0. The predicted octanol–water partition coefficient (Wildman–Crippen LogP) is 3.98. The Morgan fingerprint density at radius 1 is 0.791 bits per heavy atom. The molecule has 0 saturated heterocycles. The fourth-order valence-electron chi connectivity index (χ4n) is 4.38. The van der Waals surface area contributed by atoms with Gasteiger partial charge >= 0.3 is 18.1 Å². The van der Waals surface area contributed by atoms with E-state index in [1.165, 1.54) is 24.3 Å². The number of nitrogen functional groups attached to an aromatic ring is 1. The van der Waals surface area contributed by atoms with Crippen molar-refractivity contribution in [2.75, 3.05) is 5.73 Å². The van der Waals surface area contributed by atoms with Gasteiger partial charge in [-0.2, -0.15) is 18.2 Å². The first-order valence-electron chi connectivity index (χ1n) is 12.9. The third-order valence-electron chi connectivity index (χ3n) is 6.56. The Balaban J connectivity index is 1.64. The van der Waals surface area contributed by atoms with Crippen molar-refractivity contribution in [1.82, 2.24) is 9.97 Å². The van der Waals surface area contributed by atoms with E-state index in [4.69, 9.17) is 32.2 Å². The normalized spacial score (nSPS) is 13.6. The van der Waals surface area contributed by atoms with Crippen LogP contribution in [0.4, 0.5) is 19.1 Å². The lowest BCUT2D eigenvalue weighted by Crippen LogP contribution is -2.32. The lowest BCUT2D eigenvalue weighted by molar-refractivity contribution is -0.198. The number of benzene rings is 3. The molecule has 0 spiro atoms. The number of nitrogens with two attached hydrogens (primary N) is 3. The molecule has 1 heterocycles. The van der Waals surface area contributed by atoms with Gasteiger partial charge in [-0.25, -0.2) is 4.98 Å². The first kappa shape index (κ1) is 30.9. The number of rotatable bonds is 11. The lowest BCUT2D eigenvalue weighted by Gasteiger charge is -2.24. The molecule has 3 atom stereocenters. The molecule has 0 aliphatic rings. The van der Waals surface area contributed by atoms with Gasteiger partial charge in [0.25, 0.3) is 0 Å². The third-order valence-corrected chi connectivity index (χ3v) is 6.56. The molecule has 43 heavy (non-hydrogen) atoms. The number of hydrogen-bond donors (Lipinski definition) is 5. The summed E-state index contributed by atoms with van der Waals surface area (Å²) in [6.07, 6.45) is -7.14. The molecule has 4 rings (SSSR count). The summed E-state index contributed by atoms with van der Waals surface area (Å²) >= 11 is 0. The van der Waals surface area contributed by atoms with Crippen LogP contribution in [0.5, 0.6) is 5.88 Å². The molecular formula is C30H28F3N5O5. The zero-order valence-corrected chi connectivity index (χ0v) is 22.5. The fourth-order valence-corrected chi connectivity index (χ4v) is 4.38. The van der Waals surface area contributed by atoms with Gasteiger partial charge in [0.15, 0.2) is 0 Å². The monoisotopic (exact) mass is 595 g/mol. The van der Waals surface area contributed by atoms with Crippen molar-refractivity contribution in [3.05, 3.63) is 95.6 Å². The molecule has 3 unspecified atom stereocenters. The Morgan fingerprint density at radius 3 is 1.81 bits per heavy atom. The number of carboxylic acids is 2. The number of halogens is 3. The molecule has 10 nitrogen and oxygen atoms in total. The summed E-state index contributed by atoms with van der Waals surface area (Å²) in [5.74, 6) is -3.03. The van der Waals surface area contributed by atoms with Crippen molar-refractivity contribution in [3.63, 3.8) is 0 Å². The van der Waals surface area contributed by atoms with Gasteiger partial charge in [-0.05, 0) is 35.1 Å². The molecule has 0 radical (unpaired) electrons. The zero-order valence-electron chi connectivity index (χ0n) is 22.5. The topological polar surface area (TPSA) is 188 Å². The van der Waals surface area contributed by atoms with Crippen LogP contribution >= 0.6 is 0 Å². The van der Waals surface area contributed by atoms with Gasteiger partial charge in [0.2, 0.25) is 17.9 Å². The molecular weight excluding hydrogens is 567 g/mol. The summed E-state index contributed by atoms with van der Waals surface area (Å²) in [4.78, 5) is 30.1. The first-order chi connectivity index (χ1) is 20.3. The van der Waals surface area contributed by atoms with Crippen LogP contribution in [0.3, 0.4) is 0 Å². The van der Waals surface area contributed by atoms with E-state index in [9.17, 15) is 22.8 Å². The van der Waals surface area contributed by atoms with Crippen molar-refractivity contribution in [1.29, 1.82) is 0 Å². The van der Waals surface area contributed by atoms with E-state index in [-0.39, 0.29) is 35.6 Å². The van der Waals surface area contributed by atoms with Crippen molar-refractivity contribution >= 4 is 17.9 Å². The van der Waals surface area contributed by atoms with Crippen LogP contribution in [-0.4, -0.2) is 50.4 Å². The maximum atomic E-state index is 14.5. The molecule has 13 heteroatoms. The van der Waals surface area contributed by atoms with E-state index in [0.717, 1.165) is 0 Å². The largest absolute Gasteiger partial charge is 0.480 e. The summed E-state index contributed by atoms with van der Waals surface area (Å²) < 4.78 is 48.9. The minimum atomic E-state index is -4.85. The number of carboxylic acid groups (broad SMARTS) is 2. The Labute approximate surface area is 244 Å². The van der Waals surface area contributed by atoms with E-state index >= 15 is 0 Å². The first-order valence-corrected chi connectivity index (χ1v) is 12.9. The van der Waals surface area contributed by atoms with Crippen LogP contribution in [0.2, 0.25) is 0 Å². The molecule has 0 aliphatic heterocycles. The maximum Gasteiger partial charge on any atom is 0.429 e. The second-order valence-corrected chi connectivity index (χ2v) is 9.77. The minimum Gasteiger partial charge on any atom is -0.480 e. The number of hydrogen-bond acceptors (Lipinski definition) is 8. The third kappa shape index (κ3) is 7.84. The molecule has 0 saturated carbocycles. The Kier molecular flexibility index (Phi) is 9.27. The van der Waals surface area contributed by atoms with Gasteiger partial charge < -0.3 is 32.2 Å². The van der Waals surface area contributed by atoms with Gasteiger partial charge in [-0.3, -0.25) is 9.59 Å². The van der Waals surface area contributed by atoms with Crippen molar-refractivity contribution < 1.29 is 37.7 Å². The second kappa shape index (κ2) is 12.9. The standard InChI is InChI=1S/C30H28F3N5O5/c31-30(32,33)26(21-4-2-1-3-20(21)18-9-5-16(6-10-18)13-22(34)27(39)40)43-25-15-24(37-29(36)38-25)19-11-7-17(8-12-19)14-23(35)28(41)42/h1-12,15,22-23,26H,13-14,34-35H2,(H,39,40)(H,41,42)(H2,36,37,38). The highest BCUT2D eigenvalue weighted by molar-refractivity contribution is 5.74. The second-order valence-electron chi connectivity index (χ2n) is 9.77. The average Bonchev–Trinajstić information content (AvgIpc) is 2.96. The van der Waals surface area contributed by atoms with E-state index in [1.807, 2.05) is 0 Å². The van der Waals surface area contributed by atoms with E-state index in [2.05, 4.69) is 9.97 Å². The highest BCUT2D eigenvalue weighted by atomic mass is 19.4. The van der Waals surface area contributed by atoms with Crippen molar-refractivity contribution in [2.24, 2.45) is 11.5 Å². The number of carbonyl (C=O) groups is 2. The average molecular weight is 596 g/mol. The predicted molar refractivity (Wildman–Crippen MR) is 152 cm³/mol. The Morgan fingerprint density at radius 2 is 1.30 bits per heavy atom. The van der Waals surface area contributed by atoms with Crippen LogP contribution in [0.15, 0.2) is 78.9 Å². The number of aliphatic carboxylic acids is 2. The molecule has 224 valence electrons. The van der Waals surface area contributed by atoms with Gasteiger partial charge in [0, 0.05) is 17.2 Å². The van der Waals surface area contributed by atoms with E-state index in [0.29, 0.717) is 22.3 Å². The molecule has 0 amide bonds. The SMILES string of the molecule is Nc1nc(OC(c2ccccc2-c2ccc(CC(N)C(=O)O)cc2)C(F)(F)F)cc(-c2ccc(CC(N)C(=O)O)cc2)n1. The highest BCUT2D eigenvalue weighted by Gasteiger charge is 2.44. The Hall–Kier alpha value is -5.01. The summed E-state index contributed by atoms with van der Waals surface area (Å²) in [6.45, 7) is 0. The van der Waals surface area contributed by atoms with Crippen LogP contribution in [0, 0.1) is 0 Å².